The van der Waals surface area contributed by atoms with Crippen LogP contribution in [-0.4, -0.2) is 25.6 Å². The summed E-state index contributed by atoms with van der Waals surface area (Å²) in [5, 5.41) is 12.7. The van der Waals surface area contributed by atoms with E-state index in [1.165, 1.54) is 18.7 Å². The number of aromatic nitrogens is 3. The molecule has 0 aliphatic rings. The number of Topliss-reactive ketones (excluding diaryl/α,β-unsaturated/α-hetero) is 1. The zero-order valence-corrected chi connectivity index (χ0v) is 13.3. The first-order valence-corrected chi connectivity index (χ1v) is 7.29. The van der Waals surface area contributed by atoms with Crippen LogP contribution >= 0.6 is 27.7 Å². The van der Waals surface area contributed by atoms with E-state index in [4.69, 9.17) is 0 Å². The number of aryl methyl sites for hydroxylation is 1. The van der Waals surface area contributed by atoms with E-state index in [2.05, 4.69) is 36.7 Å². The van der Waals surface area contributed by atoms with Gasteiger partial charge in [-0.25, -0.2) is 0 Å². The second-order valence-corrected chi connectivity index (χ2v) is 5.79. The van der Waals surface area contributed by atoms with Gasteiger partial charge in [-0.1, -0.05) is 15.9 Å². The quantitative estimate of drug-likeness (QED) is 0.396. The highest BCUT2D eigenvalue weighted by Crippen LogP contribution is 2.18. The van der Waals surface area contributed by atoms with E-state index in [-0.39, 0.29) is 5.78 Å². The number of benzene rings is 1. The Labute approximate surface area is 128 Å². The summed E-state index contributed by atoms with van der Waals surface area (Å²) in [5.41, 5.74) is 3.65. The van der Waals surface area contributed by atoms with Crippen LogP contribution in [0.25, 0.3) is 0 Å². The lowest BCUT2D eigenvalue weighted by molar-refractivity contribution is -0.110. The van der Waals surface area contributed by atoms with E-state index in [1.807, 2.05) is 31.3 Å². The van der Waals surface area contributed by atoms with Gasteiger partial charge in [0.1, 0.15) is 6.33 Å². The van der Waals surface area contributed by atoms with Crippen molar-refractivity contribution >= 4 is 44.2 Å². The number of nitrogens with zero attached hydrogens (tertiary/aromatic N) is 4. The fraction of sp³-hybridized carbons (Fsp3) is 0.167. The Morgan fingerprint density at radius 3 is 2.65 bits per heavy atom. The first kappa shape index (κ1) is 14.7. The van der Waals surface area contributed by atoms with E-state index in [1.54, 1.807) is 10.9 Å². The molecule has 1 heterocycles. The molecule has 0 fully saturated rings. The zero-order chi connectivity index (χ0) is 14.5. The molecule has 0 aliphatic carbocycles. The Bertz CT molecular complexity index is 638. The van der Waals surface area contributed by atoms with Crippen molar-refractivity contribution in [1.82, 2.24) is 14.8 Å². The molecule has 1 aromatic carbocycles. The zero-order valence-electron chi connectivity index (χ0n) is 10.9. The van der Waals surface area contributed by atoms with Crippen LogP contribution in [0.3, 0.4) is 0 Å². The molecule has 0 unspecified atom stereocenters. The largest absolute Gasteiger partial charge is 0.311 e. The molecule has 0 saturated carbocycles. The van der Waals surface area contributed by atoms with E-state index in [9.17, 15) is 4.79 Å². The fourth-order valence-corrected chi connectivity index (χ4v) is 2.22. The van der Waals surface area contributed by atoms with Gasteiger partial charge in [0, 0.05) is 18.4 Å². The van der Waals surface area contributed by atoms with Crippen molar-refractivity contribution in [1.29, 1.82) is 0 Å². The summed E-state index contributed by atoms with van der Waals surface area (Å²) in [7, 11) is 1.81. The van der Waals surface area contributed by atoms with Gasteiger partial charge in [0.15, 0.2) is 16.0 Å². The number of carbonyl (C=O) groups excluding carboxylic acids is 1. The molecule has 20 heavy (non-hydrogen) atoms. The second-order valence-electron chi connectivity index (χ2n) is 3.92. The number of carbonyl (C=O) groups is 1. The van der Waals surface area contributed by atoms with Crippen LogP contribution in [-0.2, 0) is 11.8 Å². The summed E-state index contributed by atoms with van der Waals surface area (Å²) < 4.78 is 2.70. The van der Waals surface area contributed by atoms with Crippen molar-refractivity contribution in [2.75, 3.05) is 5.43 Å². The molecule has 2 aromatic rings. The Kier molecular flexibility index (Phi) is 4.91. The SMILES string of the molecule is CC(=O)/C(=N\Nc1ccc(Br)cc1)Sc1nncn1C. The third-order valence-corrected chi connectivity index (χ3v) is 3.94. The minimum Gasteiger partial charge on any atom is -0.311 e. The third-order valence-electron chi connectivity index (χ3n) is 2.29. The van der Waals surface area contributed by atoms with Crippen molar-refractivity contribution in [2.45, 2.75) is 12.1 Å². The highest BCUT2D eigenvalue weighted by molar-refractivity contribution is 9.10. The number of hydrogen-bond acceptors (Lipinski definition) is 6. The number of hydrazone groups is 1. The Hall–Kier alpha value is -1.67. The monoisotopic (exact) mass is 353 g/mol. The molecule has 2 rings (SSSR count). The second kappa shape index (κ2) is 6.67. The van der Waals surface area contributed by atoms with Crippen LogP contribution in [0.1, 0.15) is 6.92 Å². The summed E-state index contributed by atoms with van der Waals surface area (Å²) in [6.45, 7) is 1.46. The first-order chi connectivity index (χ1) is 9.56. The maximum atomic E-state index is 11.6. The number of anilines is 1. The molecular formula is C12H12BrN5OS. The highest BCUT2D eigenvalue weighted by Gasteiger charge is 2.12. The average molecular weight is 354 g/mol. The molecule has 6 nitrogen and oxygen atoms in total. The van der Waals surface area contributed by atoms with Gasteiger partial charge in [-0.15, -0.1) is 10.2 Å². The van der Waals surface area contributed by atoms with E-state index >= 15 is 0 Å². The standard InChI is InChI=1S/C12H12BrN5OS/c1-8(19)11(20-12-17-14-7-18(12)2)16-15-10-5-3-9(13)4-6-10/h3-7,15H,1-2H3/b16-11+. The molecule has 0 amide bonds. The van der Waals surface area contributed by atoms with Gasteiger partial charge in [-0.05, 0) is 36.0 Å². The lowest BCUT2D eigenvalue weighted by Crippen LogP contribution is -2.09. The summed E-state index contributed by atoms with van der Waals surface area (Å²) in [6.07, 6.45) is 1.57. The molecule has 0 spiro atoms. The van der Waals surface area contributed by atoms with Crippen molar-refractivity contribution in [2.24, 2.45) is 12.1 Å². The average Bonchev–Trinajstić information content (AvgIpc) is 2.81. The highest BCUT2D eigenvalue weighted by atomic mass is 79.9. The lowest BCUT2D eigenvalue weighted by atomic mass is 10.3. The van der Waals surface area contributed by atoms with Crippen LogP contribution < -0.4 is 5.43 Å². The van der Waals surface area contributed by atoms with Gasteiger partial charge >= 0.3 is 0 Å². The molecule has 0 atom stereocenters. The number of thioether (sulfide) groups is 1. The van der Waals surface area contributed by atoms with Gasteiger partial charge in [0.05, 0.1) is 5.69 Å². The van der Waals surface area contributed by atoms with E-state index in [0.717, 1.165) is 10.2 Å². The van der Waals surface area contributed by atoms with Crippen LogP contribution in [0.4, 0.5) is 5.69 Å². The minimum absolute atomic E-state index is 0.136. The Balaban J connectivity index is 2.12. The van der Waals surface area contributed by atoms with Crippen molar-refractivity contribution < 1.29 is 4.79 Å². The summed E-state index contributed by atoms with van der Waals surface area (Å²) in [5.74, 6) is -0.136. The third kappa shape index (κ3) is 3.91. The van der Waals surface area contributed by atoms with Crippen LogP contribution in [0.2, 0.25) is 0 Å². The molecule has 8 heteroatoms. The van der Waals surface area contributed by atoms with E-state index < -0.39 is 0 Å². The predicted octanol–water partition coefficient (Wildman–Crippen LogP) is 2.68. The van der Waals surface area contributed by atoms with Gasteiger partial charge in [0.25, 0.3) is 0 Å². The molecule has 1 aromatic heterocycles. The van der Waals surface area contributed by atoms with Gasteiger partial charge < -0.3 is 4.57 Å². The molecule has 0 radical (unpaired) electrons. The van der Waals surface area contributed by atoms with Gasteiger partial charge in [-0.2, -0.15) is 5.10 Å². The minimum atomic E-state index is -0.136. The summed E-state index contributed by atoms with van der Waals surface area (Å²) >= 11 is 4.53. The smallest absolute Gasteiger partial charge is 0.197 e. The van der Waals surface area contributed by atoms with Gasteiger partial charge in [-0.3, -0.25) is 10.2 Å². The molecule has 0 bridgehead atoms. The first-order valence-electron chi connectivity index (χ1n) is 5.68. The van der Waals surface area contributed by atoms with Crippen molar-refractivity contribution in [3.05, 3.63) is 35.1 Å². The van der Waals surface area contributed by atoms with E-state index in [0.29, 0.717) is 10.2 Å². The van der Waals surface area contributed by atoms with Crippen LogP contribution in [0, 0.1) is 0 Å². The Morgan fingerprint density at radius 1 is 1.40 bits per heavy atom. The fourth-order valence-electron chi connectivity index (χ4n) is 1.26. The van der Waals surface area contributed by atoms with Crippen LogP contribution in [0.15, 0.2) is 45.3 Å². The number of rotatable bonds is 4. The number of hydrogen-bond donors (Lipinski definition) is 1. The maximum Gasteiger partial charge on any atom is 0.197 e. The molecule has 0 saturated heterocycles. The summed E-state index contributed by atoms with van der Waals surface area (Å²) in [6, 6.07) is 7.50. The van der Waals surface area contributed by atoms with Crippen LogP contribution in [0.5, 0.6) is 0 Å². The molecular weight excluding hydrogens is 342 g/mol. The topological polar surface area (TPSA) is 72.2 Å². The Morgan fingerprint density at radius 2 is 2.10 bits per heavy atom. The molecule has 104 valence electrons. The predicted molar refractivity (Wildman–Crippen MR) is 82.7 cm³/mol. The summed E-state index contributed by atoms with van der Waals surface area (Å²) in [4.78, 5) is 11.6. The van der Waals surface area contributed by atoms with Gasteiger partial charge in [0.2, 0.25) is 0 Å². The normalized spacial score (nSPS) is 11.4. The number of ketones is 1. The number of halogens is 1. The maximum absolute atomic E-state index is 11.6. The van der Waals surface area contributed by atoms with Crippen molar-refractivity contribution in [3.8, 4) is 0 Å². The lowest BCUT2D eigenvalue weighted by Gasteiger charge is -2.04. The molecule has 0 aliphatic heterocycles. The van der Waals surface area contributed by atoms with Crippen molar-refractivity contribution in [3.63, 3.8) is 0 Å². The molecule has 1 N–H and O–H groups in total. The number of nitrogens with one attached hydrogen (secondary N) is 1.